The molecule has 5 rings (SSSR count). The van der Waals surface area contributed by atoms with Crippen LogP contribution in [0.1, 0.15) is 100 Å². The summed E-state index contributed by atoms with van der Waals surface area (Å²) in [5.74, 6) is 0.520. The van der Waals surface area contributed by atoms with Gasteiger partial charge in [-0.25, -0.2) is 0 Å². The molecule has 1 aromatic carbocycles. The highest BCUT2D eigenvalue weighted by Gasteiger charge is 2.48. The number of anilines is 1. The first-order chi connectivity index (χ1) is 19.8. The van der Waals surface area contributed by atoms with Gasteiger partial charge in [-0.2, -0.15) is 0 Å². The molecule has 3 heterocycles. The van der Waals surface area contributed by atoms with E-state index < -0.39 is 6.23 Å². The molecule has 0 aromatic heterocycles. The van der Waals surface area contributed by atoms with Crippen molar-refractivity contribution < 1.29 is 19.4 Å². The van der Waals surface area contributed by atoms with Crippen LogP contribution in [-0.2, 0) is 9.47 Å². The Kier molecular flexibility index (Phi) is 10.1. The lowest BCUT2D eigenvalue weighted by molar-refractivity contribution is -0.0815. The van der Waals surface area contributed by atoms with Gasteiger partial charge in [-0.3, -0.25) is 10.1 Å². The number of benzene rings is 1. The minimum absolute atomic E-state index is 0.00515. The lowest BCUT2D eigenvalue weighted by atomic mass is 9.58. The number of hydrogen-bond acceptors (Lipinski definition) is 6. The number of ether oxygens (including phenoxy) is 2. The van der Waals surface area contributed by atoms with Crippen LogP contribution in [0.3, 0.4) is 0 Å². The Balaban J connectivity index is 1.43. The third kappa shape index (κ3) is 6.69. The minimum Gasteiger partial charge on any atom is -0.381 e. The number of carbonyl (C=O) groups is 1. The molecule has 0 radical (unpaired) electrons. The van der Waals surface area contributed by atoms with Crippen LogP contribution in [-0.4, -0.2) is 68.8 Å². The van der Waals surface area contributed by atoms with Gasteiger partial charge in [-0.15, -0.1) is 0 Å². The average Bonchev–Trinajstić information content (AvgIpc) is 2.99. The van der Waals surface area contributed by atoms with Gasteiger partial charge in [-0.05, 0) is 99.5 Å². The first kappa shape index (κ1) is 30.5. The van der Waals surface area contributed by atoms with Crippen molar-refractivity contribution in [1.29, 1.82) is 0 Å². The predicted octanol–water partition coefficient (Wildman–Crippen LogP) is 5.44. The molecule has 41 heavy (non-hydrogen) atoms. The van der Waals surface area contributed by atoms with Gasteiger partial charge in [-0.1, -0.05) is 32.3 Å². The number of nitrogens with one attached hydrogen (secondary N) is 2. The maximum Gasteiger partial charge on any atom is 0.251 e. The highest BCUT2D eigenvalue weighted by molar-refractivity contribution is 5.98. The molecule has 0 bridgehead atoms. The van der Waals surface area contributed by atoms with Gasteiger partial charge in [0, 0.05) is 55.6 Å². The first-order valence-electron chi connectivity index (χ1n) is 16.3. The predicted molar refractivity (Wildman–Crippen MR) is 165 cm³/mol. The summed E-state index contributed by atoms with van der Waals surface area (Å²) >= 11 is 0. The quantitative estimate of drug-likeness (QED) is 0.388. The van der Waals surface area contributed by atoms with E-state index in [0.717, 1.165) is 67.8 Å². The normalized spacial score (nSPS) is 30.1. The largest absolute Gasteiger partial charge is 0.381 e. The Labute approximate surface area is 247 Å². The zero-order chi connectivity index (χ0) is 29.0. The highest BCUT2D eigenvalue weighted by atomic mass is 16.5. The Hall–Kier alpha value is -1.93. The monoisotopic (exact) mass is 567 g/mol. The van der Waals surface area contributed by atoms with Crippen LogP contribution in [0.2, 0.25) is 0 Å². The van der Waals surface area contributed by atoms with Gasteiger partial charge in [0.05, 0.1) is 13.2 Å². The second-order valence-corrected chi connectivity index (χ2v) is 13.2. The topological polar surface area (TPSA) is 83.1 Å². The van der Waals surface area contributed by atoms with E-state index in [2.05, 4.69) is 61.4 Å². The van der Waals surface area contributed by atoms with Gasteiger partial charge in [0.2, 0.25) is 0 Å². The van der Waals surface area contributed by atoms with Crippen LogP contribution in [0.15, 0.2) is 18.2 Å². The maximum absolute atomic E-state index is 14.0. The molecule has 7 nitrogen and oxygen atoms in total. The van der Waals surface area contributed by atoms with E-state index in [-0.39, 0.29) is 23.3 Å². The van der Waals surface area contributed by atoms with Crippen molar-refractivity contribution in [1.82, 2.24) is 10.6 Å². The Bertz CT molecular complexity index is 1080. The number of piperidine rings is 1. The zero-order valence-corrected chi connectivity index (χ0v) is 25.8. The van der Waals surface area contributed by atoms with Gasteiger partial charge < -0.3 is 24.8 Å². The standard InChI is InChI=1S/C34H53N3O4/c1-5-37(28-13-17-41-18-14-28)31-20-26(25-11-15-40-16-12-25)19-29(24(31)3)32(38)35-22-30-33(39)36-23(2)21-34(30,4)27-9-7-6-8-10-27/h11,19-20,23,27-28,30,33,36,39H,5-10,12-18,21-22H2,1-4H3,(H,35,38). The van der Waals surface area contributed by atoms with E-state index in [9.17, 15) is 9.90 Å². The summed E-state index contributed by atoms with van der Waals surface area (Å²) in [6.45, 7) is 13.1. The van der Waals surface area contributed by atoms with Crippen LogP contribution in [0.4, 0.5) is 5.69 Å². The number of carbonyl (C=O) groups excluding carboxylic acids is 1. The van der Waals surface area contributed by atoms with Crippen molar-refractivity contribution in [3.05, 3.63) is 34.9 Å². The minimum atomic E-state index is -0.620. The van der Waals surface area contributed by atoms with E-state index >= 15 is 0 Å². The van der Waals surface area contributed by atoms with Crippen LogP contribution in [0, 0.1) is 24.2 Å². The Morgan fingerprint density at radius 3 is 2.56 bits per heavy atom. The molecule has 2 saturated heterocycles. The summed E-state index contributed by atoms with van der Waals surface area (Å²) in [4.78, 5) is 16.5. The summed E-state index contributed by atoms with van der Waals surface area (Å²) in [5, 5.41) is 18.0. The van der Waals surface area contributed by atoms with E-state index in [0.29, 0.717) is 31.7 Å². The van der Waals surface area contributed by atoms with Crippen LogP contribution in [0.5, 0.6) is 0 Å². The number of hydrogen-bond donors (Lipinski definition) is 3. The number of aliphatic hydroxyl groups is 1. The molecule has 0 spiro atoms. The smallest absolute Gasteiger partial charge is 0.251 e. The Morgan fingerprint density at radius 2 is 1.88 bits per heavy atom. The lowest BCUT2D eigenvalue weighted by Crippen LogP contribution is -2.60. The molecule has 228 valence electrons. The molecule has 1 amide bonds. The van der Waals surface area contributed by atoms with E-state index in [1.807, 2.05) is 0 Å². The fourth-order valence-electron chi connectivity index (χ4n) is 8.34. The molecule has 4 aliphatic rings. The van der Waals surface area contributed by atoms with Crippen LogP contribution in [0.25, 0.3) is 5.57 Å². The van der Waals surface area contributed by atoms with Gasteiger partial charge in [0.15, 0.2) is 0 Å². The van der Waals surface area contributed by atoms with Gasteiger partial charge in [0.25, 0.3) is 5.91 Å². The third-order valence-electron chi connectivity index (χ3n) is 10.7. The molecule has 1 aromatic rings. The van der Waals surface area contributed by atoms with Crippen molar-refractivity contribution >= 4 is 17.2 Å². The number of nitrogens with zero attached hydrogens (tertiary/aromatic N) is 1. The summed E-state index contributed by atoms with van der Waals surface area (Å²) in [5.41, 5.74) is 5.27. The number of amides is 1. The molecule has 4 atom stereocenters. The molecule has 3 fully saturated rings. The second-order valence-electron chi connectivity index (χ2n) is 13.2. The van der Waals surface area contributed by atoms with E-state index in [1.165, 1.54) is 37.7 Å². The van der Waals surface area contributed by atoms with Crippen molar-refractivity contribution in [2.24, 2.45) is 17.3 Å². The molecule has 4 unspecified atom stereocenters. The average molecular weight is 568 g/mol. The second kappa shape index (κ2) is 13.6. The van der Waals surface area contributed by atoms with Gasteiger partial charge in [0.1, 0.15) is 6.23 Å². The molecule has 1 aliphatic carbocycles. The Morgan fingerprint density at radius 1 is 1.12 bits per heavy atom. The number of aliphatic hydroxyl groups excluding tert-OH is 1. The fraction of sp³-hybridized carbons (Fsp3) is 0.735. The summed E-state index contributed by atoms with van der Waals surface area (Å²) in [6.07, 6.45) is 11.7. The summed E-state index contributed by atoms with van der Waals surface area (Å²) in [7, 11) is 0. The highest BCUT2D eigenvalue weighted by Crippen LogP contribution is 2.49. The molecular formula is C34H53N3O4. The van der Waals surface area contributed by atoms with Crippen molar-refractivity contribution in [2.75, 3.05) is 44.4 Å². The van der Waals surface area contributed by atoms with Gasteiger partial charge >= 0.3 is 0 Å². The molecule has 7 heteroatoms. The number of rotatable bonds is 8. The SMILES string of the molecule is CCN(c1cc(C2=CCOCC2)cc(C(=O)NCC2C(O)NC(C)CC2(C)C2CCCCC2)c1C)C1CCOCC1. The lowest BCUT2D eigenvalue weighted by Gasteiger charge is -2.52. The summed E-state index contributed by atoms with van der Waals surface area (Å²) < 4.78 is 11.3. The summed E-state index contributed by atoms with van der Waals surface area (Å²) in [6, 6.07) is 5.05. The van der Waals surface area contributed by atoms with Crippen molar-refractivity contribution in [3.8, 4) is 0 Å². The van der Waals surface area contributed by atoms with E-state index in [4.69, 9.17) is 9.47 Å². The van der Waals surface area contributed by atoms with Crippen LogP contribution < -0.4 is 15.5 Å². The maximum atomic E-state index is 14.0. The molecule has 1 saturated carbocycles. The fourth-order valence-corrected chi connectivity index (χ4v) is 8.34. The zero-order valence-electron chi connectivity index (χ0n) is 25.8. The molecule has 3 N–H and O–H groups in total. The van der Waals surface area contributed by atoms with Crippen molar-refractivity contribution in [3.63, 3.8) is 0 Å². The molecular weight excluding hydrogens is 514 g/mol. The molecule has 3 aliphatic heterocycles. The van der Waals surface area contributed by atoms with Crippen LogP contribution >= 0.6 is 0 Å². The third-order valence-corrected chi connectivity index (χ3v) is 10.7. The van der Waals surface area contributed by atoms with E-state index in [1.54, 1.807) is 0 Å². The first-order valence-corrected chi connectivity index (χ1v) is 16.3. The van der Waals surface area contributed by atoms with Crippen molar-refractivity contribution in [2.45, 2.75) is 104 Å².